The fraction of sp³-hybridized carbons (Fsp3) is 0.381. The van der Waals surface area contributed by atoms with Crippen molar-refractivity contribution in [2.24, 2.45) is 0 Å². The van der Waals surface area contributed by atoms with Crippen molar-refractivity contribution in [1.29, 1.82) is 0 Å². The van der Waals surface area contributed by atoms with Gasteiger partial charge in [0.25, 0.3) is 5.19 Å². The van der Waals surface area contributed by atoms with Crippen LogP contribution in [0.5, 0.6) is 10.9 Å². The molecule has 1 aliphatic carbocycles. The number of nitrogens with zero attached hydrogens (tertiary/aromatic N) is 1. The van der Waals surface area contributed by atoms with E-state index in [9.17, 15) is 5.11 Å². The number of ether oxygens (including phenoxy) is 1. The van der Waals surface area contributed by atoms with Gasteiger partial charge >= 0.3 is 0 Å². The third-order valence-corrected chi connectivity index (χ3v) is 5.87. The molecule has 4 rings (SSSR count). The summed E-state index contributed by atoms with van der Waals surface area (Å²) in [4.78, 5) is 4.50. The first-order valence-electron chi connectivity index (χ1n) is 9.32. The van der Waals surface area contributed by atoms with Gasteiger partial charge in [-0.2, -0.15) is 0 Å². The number of nitrogens with one attached hydrogen (secondary N) is 1. The fourth-order valence-corrected chi connectivity index (χ4v) is 4.31. The second-order valence-corrected chi connectivity index (χ2v) is 7.85. The molecular formula is C21H24N2O2S. The lowest BCUT2D eigenvalue weighted by atomic mass is 9.92. The Balaban J connectivity index is 1.30. The van der Waals surface area contributed by atoms with E-state index < -0.39 is 0 Å². The maximum atomic E-state index is 10.0. The Morgan fingerprint density at radius 3 is 2.69 bits per heavy atom. The highest BCUT2D eigenvalue weighted by molar-refractivity contribution is 7.20. The number of aromatic nitrogens is 1. The number of para-hydroxylation sites is 1. The Morgan fingerprint density at radius 1 is 1.08 bits per heavy atom. The quantitative estimate of drug-likeness (QED) is 0.671. The smallest absolute Gasteiger partial charge is 0.279 e. The number of benzene rings is 2. The summed E-state index contributed by atoms with van der Waals surface area (Å²) in [5.41, 5.74) is 2.24. The van der Waals surface area contributed by atoms with E-state index in [1.807, 2.05) is 30.3 Å². The summed E-state index contributed by atoms with van der Waals surface area (Å²) in [6.07, 6.45) is 5.13. The molecule has 2 atom stereocenters. The van der Waals surface area contributed by atoms with Gasteiger partial charge in [-0.3, -0.25) is 0 Å². The van der Waals surface area contributed by atoms with Crippen molar-refractivity contribution < 1.29 is 9.84 Å². The van der Waals surface area contributed by atoms with Crippen LogP contribution in [0.4, 0.5) is 0 Å². The number of hydrogen-bond donors (Lipinski definition) is 2. The number of aliphatic hydroxyl groups excluding tert-OH is 1. The third-order valence-electron chi connectivity index (χ3n) is 4.95. The molecule has 4 nitrogen and oxygen atoms in total. The molecule has 1 aromatic heterocycles. The minimum Gasteiger partial charge on any atom is -0.431 e. The standard InChI is InChI=1S/C21H24N2O2S/c24-19-7-3-1-5-17(19)22-14-13-15-9-11-16(12-10-15)25-21-23-18-6-2-4-8-20(18)26-21/h2,4,6,8-12,17,19,22,24H,1,3,5,7,13-14H2. The Bertz CT molecular complexity index is 814. The van der Waals surface area contributed by atoms with Crippen LogP contribution in [0.15, 0.2) is 48.5 Å². The summed E-state index contributed by atoms with van der Waals surface area (Å²) >= 11 is 1.56. The molecule has 0 amide bonds. The summed E-state index contributed by atoms with van der Waals surface area (Å²) < 4.78 is 7.03. The average Bonchev–Trinajstić information content (AvgIpc) is 3.07. The number of rotatable bonds is 6. The van der Waals surface area contributed by atoms with Crippen LogP contribution < -0.4 is 10.1 Å². The van der Waals surface area contributed by atoms with Gasteiger partial charge in [0.2, 0.25) is 0 Å². The Morgan fingerprint density at radius 2 is 1.88 bits per heavy atom. The van der Waals surface area contributed by atoms with Crippen LogP contribution in [0, 0.1) is 0 Å². The van der Waals surface area contributed by atoms with Crippen molar-refractivity contribution in [1.82, 2.24) is 10.3 Å². The zero-order chi connectivity index (χ0) is 17.8. The first-order valence-corrected chi connectivity index (χ1v) is 10.1. The van der Waals surface area contributed by atoms with Crippen molar-refractivity contribution in [2.75, 3.05) is 6.54 Å². The molecule has 0 aliphatic heterocycles. The van der Waals surface area contributed by atoms with Crippen molar-refractivity contribution in [2.45, 2.75) is 44.2 Å². The Labute approximate surface area is 157 Å². The first-order chi connectivity index (χ1) is 12.8. The maximum absolute atomic E-state index is 10.0. The molecule has 2 unspecified atom stereocenters. The molecular weight excluding hydrogens is 344 g/mol. The second kappa shape index (κ2) is 8.16. The summed E-state index contributed by atoms with van der Waals surface area (Å²) in [7, 11) is 0. The highest BCUT2D eigenvalue weighted by Gasteiger charge is 2.21. The molecule has 3 aromatic rings. The summed E-state index contributed by atoms with van der Waals surface area (Å²) in [5.74, 6) is 0.809. The molecule has 0 bridgehead atoms. The van der Waals surface area contributed by atoms with Crippen LogP contribution in [-0.4, -0.2) is 28.8 Å². The summed E-state index contributed by atoms with van der Waals surface area (Å²) in [6.45, 7) is 0.889. The molecule has 2 N–H and O–H groups in total. The first kappa shape index (κ1) is 17.5. The van der Waals surface area contributed by atoms with Crippen LogP contribution in [-0.2, 0) is 6.42 Å². The van der Waals surface area contributed by atoms with E-state index in [2.05, 4.69) is 28.5 Å². The molecule has 1 aliphatic rings. The molecule has 26 heavy (non-hydrogen) atoms. The SMILES string of the molecule is OC1CCCCC1NCCc1ccc(Oc2nc3ccccc3s2)cc1. The second-order valence-electron chi connectivity index (χ2n) is 6.86. The topological polar surface area (TPSA) is 54.4 Å². The predicted octanol–water partition coefficient (Wildman–Crippen LogP) is 4.52. The van der Waals surface area contributed by atoms with Crippen LogP contribution in [0.2, 0.25) is 0 Å². The molecule has 1 heterocycles. The Hall–Kier alpha value is -1.95. The average molecular weight is 369 g/mol. The number of thiazole rings is 1. The van der Waals surface area contributed by atoms with Crippen LogP contribution in [0.25, 0.3) is 10.2 Å². The van der Waals surface area contributed by atoms with E-state index in [4.69, 9.17) is 4.74 Å². The van der Waals surface area contributed by atoms with E-state index in [-0.39, 0.29) is 12.1 Å². The predicted molar refractivity (Wildman–Crippen MR) is 106 cm³/mol. The molecule has 0 radical (unpaired) electrons. The van der Waals surface area contributed by atoms with E-state index in [0.29, 0.717) is 5.19 Å². The number of fused-ring (bicyclic) bond motifs is 1. The zero-order valence-corrected chi connectivity index (χ0v) is 15.5. The van der Waals surface area contributed by atoms with Gasteiger partial charge < -0.3 is 15.2 Å². The van der Waals surface area contributed by atoms with Gasteiger partial charge in [0.1, 0.15) is 5.75 Å². The van der Waals surface area contributed by atoms with Gasteiger partial charge in [-0.05, 0) is 55.6 Å². The number of aliphatic hydroxyl groups is 1. The van der Waals surface area contributed by atoms with Gasteiger partial charge in [-0.1, -0.05) is 48.4 Å². The molecule has 1 saturated carbocycles. The zero-order valence-electron chi connectivity index (χ0n) is 14.7. The Kier molecular flexibility index (Phi) is 5.48. The van der Waals surface area contributed by atoms with Gasteiger partial charge in [0.05, 0.1) is 16.3 Å². The van der Waals surface area contributed by atoms with Gasteiger partial charge in [-0.25, -0.2) is 4.98 Å². The maximum Gasteiger partial charge on any atom is 0.279 e. The van der Waals surface area contributed by atoms with Gasteiger partial charge in [0, 0.05) is 6.04 Å². The van der Waals surface area contributed by atoms with E-state index in [1.165, 1.54) is 12.0 Å². The van der Waals surface area contributed by atoms with Crippen molar-refractivity contribution in [3.63, 3.8) is 0 Å². The van der Waals surface area contributed by atoms with E-state index in [1.54, 1.807) is 11.3 Å². The van der Waals surface area contributed by atoms with E-state index >= 15 is 0 Å². The van der Waals surface area contributed by atoms with Crippen LogP contribution >= 0.6 is 11.3 Å². The highest BCUT2D eigenvalue weighted by atomic mass is 32.1. The summed E-state index contributed by atoms with van der Waals surface area (Å²) in [5, 5.41) is 14.2. The van der Waals surface area contributed by atoms with Crippen LogP contribution in [0.3, 0.4) is 0 Å². The monoisotopic (exact) mass is 368 g/mol. The van der Waals surface area contributed by atoms with Crippen molar-refractivity contribution in [3.05, 3.63) is 54.1 Å². The van der Waals surface area contributed by atoms with Gasteiger partial charge in [0.15, 0.2) is 0 Å². The molecule has 136 valence electrons. The molecule has 1 fully saturated rings. The normalized spacial score (nSPS) is 20.3. The molecule has 0 spiro atoms. The lowest BCUT2D eigenvalue weighted by Gasteiger charge is -2.28. The number of hydrogen-bond acceptors (Lipinski definition) is 5. The fourth-order valence-electron chi connectivity index (χ4n) is 3.47. The summed E-state index contributed by atoms with van der Waals surface area (Å²) in [6, 6.07) is 16.5. The molecule has 5 heteroatoms. The van der Waals surface area contributed by atoms with Gasteiger partial charge in [-0.15, -0.1) is 0 Å². The largest absolute Gasteiger partial charge is 0.431 e. The van der Waals surface area contributed by atoms with Crippen LogP contribution in [0.1, 0.15) is 31.2 Å². The lowest BCUT2D eigenvalue weighted by Crippen LogP contribution is -2.42. The molecule has 2 aromatic carbocycles. The highest BCUT2D eigenvalue weighted by Crippen LogP contribution is 2.31. The van der Waals surface area contributed by atoms with Crippen molar-refractivity contribution in [3.8, 4) is 10.9 Å². The minimum atomic E-state index is -0.187. The lowest BCUT2D eigenvalue weighted by molar-refractivity contribution is 0.0914. The third kappa shape index (κ3) is 4.23. The minimum absolute atomic E-state index is 0.187. The van der Waals surface area contributed by atoms with Crippen molar-refractivity contribution >= 4 is 21.6 Å². The van der Waals surface area contributed by atoms with E-state index in [0.717, 1.165) is 48.2 Å². The molecule has 0 saturated heterocycles.